The van der Waals surface area contributed by atoms with Crippen LogP contribution < -0.4 is 10.0 Å². The molecule has 2 N–H and O–H groups in total. The van der Waals surface area contributed by atoms with E-state index in [2.05, 4.69) is 10.0 Å². The number of hydrogen-bond donors (Lipinski definition) is 2. The molecule has 0 fully saturated rings. The SMILES string of the molecule is CC(=O)Nc1ccc(S(=O)(=O)Nc2cccc3c2CCCC3)cc1Cl. The highest BCUT2D eigenvalue weighted by molar-refractivity contribution is 7.92. The zero-order chi connectivity index (χ0) is 18.0. The quantitative estimate of drug-likeness (QED) is 0.844. The second-order valence-electron chi connectivity index (χ2n) is 6.08. The number of nitrogens with one attached hydrogen (secondary N) is 2. The van der Waals surface area contributed by atoms with E-state index in [9.17, 15) is 13.2 Å². The Morgan fingerprint density at radius 3 is 2.56 bits per heavy atom. The first-order chi connectivity index (χ1) is 11.9. The van der Waals surface area contributed by atoms with Crippen molar-refractivity contribution in [2.45, 2.75) is 37.5 Å². The Morgan fingerprint density at radius 2 is 1.84 bits per heavy atom. The zero-order valence-electron chi connectivity index (χ0n) is 13.8. The van der Waals surface area contributed by atoms with E-state index in [1.807, 2.05) is 12.1 Å². The molecule has 0 aliphatic heterocycles. The number of fused-ring (bicyclic) bond motifs is 1. The van der Waals surface area contributed by atoms with Crippen molar-refractivity contribution in [2.24, 2.45) is 0 Å². The molecule has 2 aromatic rings. The van der Waals surface area contributed by atoms with E-state index in [4.69, 9.17) is 11.6 Å². The molecular formula is C18H19ClN2O3S. The van der Waals surface area contributed by atoms with Crippen molar-refractivity contribution in [3.05, 3.63) is 52.5 Å². The van der Waals surface area contributed by atoms with Gasteiger partial charge in [-0.1, -0.05) is 23.7 Å². The minimum absolute atomic E-state index is 0.0556. The smallest absolute Gasteiger partial charge is 0.261 e. The predicted octanol–water partition coefficient (Wildman–Crippen LogP) is 3.98. The molecule has 1 aliphatic rings. The Labute approximate surface area is 152 Å². The number of anilines is 2. The average molecular weight is 379 g/mol. The lowest BCUT2D eigenvalue weighted by Crippen LogP contribution is -2.16. The van der Waals surface area contributed by atoms with Crippen LogP contribution in [-0.4, -0.2) is 14.3 Å². The number of aryl methyl sites for hydroxylation is 1. The Hall–Kier alpha value is -2.05. The highest BCUT2D eigenvalue weighted by atomic mass is 35.5. The van der Waals surface area contributed by atoms with Crippen LogP contribution in [0.25, 0.3) is 0 Å². The summed E-state index contributed by atoms with van der Waals surface area (Å²) in [5, 5.41) is 2.73. The molecular weight excluding hydrogens is 360 g/mol. The van der Waals surface area contributed by atoms with Crippen LogP contribution in [0, 0.1) is 0 Å². The molecule has 0 aromatic heterocycles. The number of hydrogen-bond acceptors (Lipinski definition) is 3. The predicted molar refractivity (Wildman–Crippen MR) is 99.6 cm³/mol. The maximum atomic E-state index is 12.7. The largest absolute Gasteiger partial charge is 0.325 e. The molecule has 1 aliphatic carbocycles. The highest BCUT2D eigenvalue weighted by Crippen LogP contribution is 2.31. The van der Waals surface area contributed by atoms with E-state index in [-0.39, 0.29) is 15.8 Å². The van der Waals surface area contributed by atoms with Gasteiger partial charge in [0.15, 0.2) is 0 Å². The van der Waals surface area contributed by atoms with Crippen LogP contribution in [0.1, 0.15) is 30.9 Å². The summed E-state index contributed by atoms with van der Waals surface area (Å²) in [7, 11) is -3.76. The van der Waals surface area contributed by atoms with Crippen molar-refractivity contribution in [3.63, 3.8) is 0 Å². The summed E-state index contributed by atoms with van der Waals surface area (Å²) >= 11 is 6.09. The molecule has 0 atom stereocenters. The van der Waals surface area contributed by atoms with Gasteiger partial charge in [-0.15, -0.1) is 0 Å². The Balaban J connectivity index is 1.90. The second kappa shape index (κ2) is 7.06. The molecule has 0 saturated heterocycles. The van der Waals surface area contributed by atoms with Gasteiger partial charge in [0.05, 0.1) is 21.3 Å². The number of carbonyl (C=O) groups is 1. The monoisotopic (exact) mass is 378 g/mol. The topological polar surface area (TPSA) is 75.3 Å². The third-order valence-electron chi connectivity index (χ3n) is 4.20. The minimum atomic E-state index is -3.76. The molecule has 132 valence electrons. The lowest BCUT2D eigenvalue weighted by Gasteiger charge is -2.20. The first-order valence-corrected chi connectivity index (χ1v) is 9.93. The van der Waals surface area contributed by atoms with Crippen LogP contribution >= 0.6 is 11.6 Å². The normalized spacial score (nSPS) is 13.8. The fourth-order valence-corrected chi connectivity index (χ4v) is 4.45. The number of rotatable bonds is 4. The summed E-state index contributed by atoms with van der Waals surface area (Å²) < 4.78 is 28.1. The molecule has 0 saturated carbocycles. The van der Waals surface area contributed by atoms with E-state index < -0.39 is 10.0 Å². The fraction of sp³-hybridized carbons (Fsp3) is 0.278. The van der Waals surface area contributed by atoms with Crippen molar-refractivity contribution in [1.29, 1.82) is 0 Å². The van der Waals surface area contributed by atoms with Crippen LogP contribution in [0.3, 0.4) is 0 Å². The number of halogens is 1. The molecule has 5 nitrogen and oxygen atoms in total. The molecule has 0 radical (unpaired) electrons. The summed E-state index contributed by atoms with van der Waals surface area (Å²) in [6.07, 6.45) is 4.03. The van der Waals surface area contributed by atoms with E-state index in [0.717, 1.165) is 31.2 Å². The van der Waals surface area contributed by atoms with Gasteiger partial charge in [0.25, 0.3) is 10.0 Å². The minimum Gasteiger partial charge on any atom is -0.325 e. The van der Waals surface area contributed by atoms with E-state index in [1.165, 1.54) is 30.7 Å². The van der Waals surface area contributed by atoms with Crippen LogP contribution in [0.4, 0.5) is 11.4 Å². The van der Waals surface area contributed by atoms with Crippen molar-refractivity contribution in [2.75, 3.05) is 10.0 Å². The lowest BCUT2D eigenvalue weighted by atomic mass is 9.91. The number of sulfonamides is 1. The van der Waals surface area contributed by atoms with Crippen molar-refractivity contribution in [3.8, 4) is 0 Å². The standard InChI is InChI=1S/C18H19ClN2O3S/c1-12(22)20-18-10-9-14(11-16(18)19)25(23,24)21-17-8-4-6-13-5-2-3-7-15(13)17/h4,6,8-11,21H,2-3,5,7H2,1H3,(H,20,22). The van der Waals surface area contributed by atoms with Crippen molar-refractivity contribution < 1.29 is 13.2 Å². The van der Waals surface area contributed by atoms with Gasteiger partial charge < -0.3 is 5.32 Å². The molecule has 0 heterocycles. The first kappa shape index (κ1) is 17.8. The van der Waals surface area contributed by atoms with Gasteiger partial charge in [-0.3, -0.25) is 9.52 Å². The lowest BCUT2D eigenvalue weighted by molar-refractivity contribution is -0.114. The second-order valence-corrected chi connectivity index (χ2v) is 8.17. The zero-order valence-corrected chi connectivity index (χ0v) is 15.4. The molecule has 7 heteroatoms. The van der Waals surface area contributed by atoms with Gasteiger partial charge >= 0.3 is 0 Å². The molecule has 0 bridgehead atoms. The molecule has 25 heavy (non-hydrogen) atoms. The molecule has 0 unspecified atom stereocenters. The van der Waals surface area contributed by atoms with Crippen LogP contribution in [0.5, 0.6) is 0 Å². The van der Waals surface area contributed by atoms with Crippen LogP contribution in [0.2, 0.25) is 5.02 Å². The maximum absolute atomic E-state index is 12.7. The third kappa shape index (κ3) is 3.96. The molecule has 2 aromatic carbocycles. The van der Waals surface area contributed by atoms with Gasteiger partial charge in [-0.25, -0.2) is 8.42 Å². The molecule has 3 rings (SSSR count). The van der Waals surface area contributed by atoms with Gasteiger partial charge in [-0.05, 0) is 61.1 Å². The Bertz CT molecular complexity index is 926. The van der Waals surface area contributed by atoms with Gasteiger partial charge in [0.2, 0.25) is 5.91 Å². The van der Waals surface area contributed by atoms with Crippen LogP contribution in [0.15, 0.2) is 41.3 Å². The van der Waals surface area contributed by atoms with Crippen LogP contribution in [-0.2, 0) is 27.7 Å². The van der Waals surface area contributed by atoms with Crippen molar-refractivity contribution in [1.82, 2.24) is 0 Å². The Kier molecular flexibility index (Phi) is 5.01. The summed E-state index contributed by atoms with van der Waals surface area (Å²) in [6.45, 7) is 1.36. The van der Waals surface area contributed by atoms with E-state index >= 15 is 0 Å². The molecule has 0 spiro atoms. The number of amides is 1. The van der Waals surface area contributed by atoms with Gasteiger partial charge in [0, 0.05) is 6.92 Å². The van der Waals surface area contributed by atoms with E-state index in [1.54, 1.807) is 6.07 Å². The summed E-state index contributed by atoms with van der Waals surface area (Å²) in [5.41, 5.74) is 3.27. The summed E-state index contributed by atoms with van der Waals surface area (Å²) in [6, 6.07) is 9.95. The fourth-order valence-electron chi connectivity index (χ4n) is 3.03. The number of carbonyl (C=O) groups excluding carboxylic acids is 1. The summed E-state index contributed by atoms with van der Waals surface area (Å²) in [4.78, 5) is 11.2. The Morgan fingerprint density at radius 1 is 1.08 bits per heavy atom. The molecule has 1 amide bonds. The maximum Gasteiger partial charge on any atom is 0.261 e. The van der Waals surface area contributed by atoms with Gasteiger partial charge in [-0.2, -0.15) is 0 Å². The van der Waals surface area contributed by atoms with E-state index in [0.29, 0.717) is 11.4 Å². The first-order valence-electron chi connectivity index (χ1n) is 8.07. The third-order valence-corrected chi connectivity index (χ3v) is 5.88. The number of benzene rings is 2. The van der Waals surface area contributed by atoms with Crippen molar-refractivity contribution >= 4 is 38.9 Å². The average Bonchev–Trinajstić information content (AvgIpc) is 2.56. The van der Waals surface area contributed by atoms with Gasteiger partial charge in [0.1, 0.15) is 0 Å². The highest BCUT2D eigenvalue weighted by Gasteiger charge is 2.20. The summed E-state index contributed by atoms with van der Waals surface area (Å²) in [5.74, 6) is -0.272.